The van der Waals surface area contributed by atoms with Crippen LogP contribution in [0.15, 0.2) is 6.20 Å². The molecule has 1 heterocycles. The van der Waals surface area contributed by atoms with Crippen molar-refractivity contribution in [2.45, 2.75) is 20.8 Å². The lowest BCUT2D eigenvalue weighted by Crippen LogP contribution is -2.34. The van der Waals surface area contributed by atoms with E-state index in [1.54, 1.807) is 4.90 Å². The predicted molar refractivity (Wildman–Crippen MR) is 59.4 cm³/mol. The Kier molecular flexibility index (Phi) is 3.71. The van der Waals surface area contributed by atoms with Crippen molar-refractivity contribution in [1.82, 2.24) is 15.1 Å². The number of nitrogens with two attached hydrogens (primary N) is 1. The quantitative estimate of drug-likeness (QED) is 0.781. The zero-order valence-corrected chi connectivity index (χ0v) is 9.45. The third-order valence-corrected chi connectivity index (χ3v) is 2.14. The molecule has 5 nitrogen and oxygen atoms in total. The van der Waals surface area contributed by atoms with Crippen molar-refractivity contribution in [3.05, 3.63) is 11.9 Å². The number of carbonyl (C=O) groups is 1. The van der Waals surface area contributed by atoms with Gasteiger partial charge in [-0.3, -0.25) is 9.89 Å². The summed E-state index contributed by atoms with van der Waals surface area (Å²) in [6, 6.07) is 0. The largest absolute Gasteiger partial charge is 0.396 e. The molecule has 0 spiro atoms. The van der Waals surface area contributed by atoms with Crippen LogP contribution in [0.5, 0.6) is 0 Å². The van der Waals surface area contributed by atoms with E-state index in [2.05, 4.69) is 24.0 Å². The molecule has 0 saturated heterocycles. The zero-order valence-electron chi connectivity index (χ0n) is 9.45. The molecular formula is C10H18N4O. The third kappa shape index (κ3) is 2.71. The van der Waals surface area contributed by atoms with Gasteiger partial charge in [0.2, 0.25) is 0 Å². The highest BCUT2D eigenvalue weighted by atomic mass is 16.2. The summed E-state index contributed by atoms with van der Waals surface area (Å²) in [5, 5.41) is 6.37. The van der Waals surface area contributed by atoms with Crippen molar-refractivity contribution in [3.63, 3.8) is 0 Å². The van der Waals surface area contributed by atoms with Crippen LogP contribution in [0.3, 0.4) is 0 Å². The summed E-state index contributed by atoms with van der Waals surface area (Å²) in [4.78, 5) is 13.7. The van der Waals surface area contributed by atoms with E-state index < -0.39 is 0 Å². The van der Waals surface area contributed by atoms with Crippen LogP contribution >= 0.6 is 0 Å². The maximum atomic E-state index is 12.0. The summed E-state index contributed by atoms with van der Waals surface area (Å²) in [5.41, 5.74) is 6.41. The molecule has 15 heavy (non-hydrogen) atoms. The minimum absolute atomic E-state index is 0.0822. The average molecular weight is 210 g/mol. The molecule has 1 amide bonds. The molecule has 5 heteroatoms. The van der Waals surface area contributed by atoms with Gasteiger partial charge in [0.1, 0.15) is 5.69 Å². The van der Waals surface area contributed by atoms with Crippen LogP contribution in [0, 0.1) is 5.92 Å². The number of aromatic nitrogens is 2. The lowest BCUT2D eigenvalue weighted by atomic mass is 10.2. The summed E-state index contributed by atoms with van der Waals surface area (Å²) in [6.45, 7) is 7.51. The molecule has 1 aromatic heterocycles. The van der Waals surface area contributed by atoms with E-state index in [4.69, 9.17) is 5.73 Å². The van der Waals surface area contributed by atoms with Gasteiger partial charge < -0.3 is 10.6 Å². The van der Waals surface area contributed by atoms with Crippen LogP contribution < -0.4 is 5.73 Å². The Bertz CT molecular complexity index is 332. The van der Waals surface area contributed by atoms with Gasteiger partial charge in [0.05, 0.1) is 11.9 Å². The van der Waals surface area contributed by atoms with Crippen LogP contribution in [0.4, 0.5) is 5.69 Å². The minimum atomic E-state index is -0.0822. The molecule has 3 N–H and O–H groups in total. The lowest BCUT2D eigenvalue weighted by molar-refractivity contribution is 0.0741. The van der Waals surface area contributed by atoms with Crippen LogP contribution in [0.2, 0.25) is 0 Å². The van der Waals surface area contributed by atoms with Crippen LogP contribution in [0.1, 0.15) is 31.3 Å². The van der Waals surface area contributed by atoms with Gasteiger partial charge in [-0.1, -0.05) is 13.8 Å². The zero-order chi connectivity index (χ0) is 11.4. The number of amides is 1. The standard InChI is InChI=1S/C10H18N4O/c1-4-14(6-7(2)3)10(15)9-8(11)5-12-13-9/h5,7H,4,6,11H2,1-3H3,(H,12,13). The molecule has 1 aromatic rings. The molecule has 84 valence electrons. The maximum Gasteiger partial charge on any atom is 0.274 e. The molecule has 0 fully saturated rings. The van der Waals surface area contributed by atoms with Gasteiger partial charge in [-0.15, -0.1) is 0 Å². The highest BCUT2D eigenvalue weighted by molar-refractivity contribution is 5.96. The predicted octanol–water partition coefficient (Wildman–Crippen LogP) is 1.11. The summed E-state index contributed by atoms with van der Waals surface area (Å²) in [6.07, 6.45) is 1.45. The molecule has 0 aliphatic heterocycles. The third-order valence-electron chi connectivity index (χ3n) is 2.14. The molecule has 0 atom stereocenters. The number of hydrogen-bond donors (Lipinski definition) is 2. The Morgan fingerprint density at radius 2 is 2.33 bits per heavy atom. The second-order valence-corrected chi connectivity index (χ2v) is 3.94. The number of rotatable bonds is 4. The Morgan fingerprint density at radius 1 is 1.67 bits per heavy atom. The number of nitrogens with zero attached hydrogens (tertiary/aromatic N) is 2. The number of H-pyrrole nitrogens is 1. The Hall–Kier alpha value is -1.52. The monoisotopic (exact) mass is 210 g/mol. The van der Waals surface area contributed by atoms with Crippen molar-refractivity contribution in [2.24, 2.45) is 5.92 Å². The summed E-state index contributed by atoms with van der Waals surface area (Å²) in [7, 11) is 0. The van der Waals surface area contributed by atoms with Gasteiger partial charge >= 0.3 is 0 Å². The summed E-state index contributed by atoms with van der Waals surface area (Å²) >= 11 is 0. The Labute approximate surface area is 89.6 Å². The molecule has 0 aliphatic rings. The van der Waals surface area contributed by atoms with Crippen molar-refractivity contribution in [1.29, 1.82) is 0 Å². The number of hydrogen-bond acceptors (Lipinski definition) is 3. The van der Waals surface area contributed by atoms with Crippen molar-refractivity contribution in [3.8, 4) is 0 Å². The second-order valence-electron chi connectivity index (χ2n) is 3.94. The molecule has 0 unspecified atom stereocenters. The molecule has 0 saturated carbocycles. The highest BCUT2D eigenvalue weighted by Crippen LogP contribution is 2.11. The first-order chi connectivity index (χ1) is 7.06. The molecule has 0 bridgehead atoms. The fourth-order valence-electron chi connectivity index (χ4n) is 1.42. The van der Waals surface area contributed by atoms with Gasteiger partial charge in [0.15, 0.2) is 0 Å². The molecular weight excluding hydrogens is 192 g/mol. The molecule has 0 aromatic carbocycles. The Morgan fingerprint density at radius 3 is 2.73 bits per heavy atom. The fraction of sp³-hybridized carbons (Fsp3) is 0.600. The first kappa shape index (κ1) is 11.6. The first-order valence-electron chi connectivity index (χ1n) is 5.14. The van der Waals surface area contributed by atoms with Gasteiger partial charge in [0.25, 0.3) is 5.91 Å². The Balaban J connectivity index is 2.78. The number of nitrogen functional groups attached to an aromatic ring is 1. The van der Waals surface area contributed by atoms with E-state index >= 15 is 0 Å². The van der Waals surface area contributed by atoms with Crippen molar-refractivity contribution < 1.29 is 4.79 Å². The number of carbonyl (C=O) groups excluding carboxylic acids is 1. The van der Waals surface area contributed by atoms with Crippen LogP contribution in [-0.4, -0.2) is 34.1 Å². The first-order valence-corrected chi connectivity index (χ1v) is 5.14. The van der Waals surface area contributed by atoms with Gasteiger partial charge in [-0.25, -0.2) is 0 Å². The normalized spacial score (nSPS) is 10.7. The van der Waals surface area contributed by atoms with E-state index in [1.807, 2.05) is 6.92 Å². The number of nitrogens with one attached hydrogen (secondary N) is 1. The van der Waals surface area contributed by atoms with Gasteiger partial charge in [0, 0.05) is 13.1 Å². The lowest BCUT2D eigenvalue weighted by Gasteiger charge is -2.22. The van der Waals surface area contributed by atoms with Gasteiger partial charge in [-0.05, 0) is 12.8 Å². The second kappa shape index (κ2) is 4.82. The average Bonchev–Trinajstić information content (AvgIpc) is 2.59. The molecule has 0 aliphatic carbocycles. The smallest absolute Gasteiger partial charge is 0.274 e. The number of aromatic amines is 1. The van der Waals surface area contributed by atoms with Crippen LogP contribution in [-0.2, 0) is 0 Å². The van der Waals surface area contributed by atoms with Crippen molar-refractivity contribution in [2.75, 3.05) is 18.8 Å². The SMILES string of the molecule is CCN(CC(C)C)C(=O)c1[nH]ncc1N. The van der Waals surface area contributed by atoms with E-state index in [-0.39, 0.29) is 5.91 Å². The highest BCUT2D eigenvalue weighted by Gasteiger charge is 2.18. The van der Waals surface area contributed by atoms with E-state index in [0.717, 1.165) is 6.54 Å². The van der Waals surface area contributed by atoms with Gasteiger partial charge in [-0.2, -0.15) is 5.10 Å². The maximum absolute atomic E-state index is 12.0. The summed E-state index contributed by atoms with van der Waals surface area (Å²) in [5.74, 6) is 0.360. The molecule has 1 rings (SSSR count). The van der Waals surface area contributed by atoms with Crippen LogP contribution in [0.25, 0.3) is 0 Å². The fourth-order valence-corrected chi connectivity index (χ4v) is 1.42. The number of anilines is 1. The topological polar surface area (TPSA) is 75.0 Å². The van der Waals surface area contributed by atoms with Crippen molar-refractivity contribution >= 4 is 11.6 Å². The minimum Gasteiger partial charge on any atom is -0.396 e. The van der Waals surface area contributed by atoms with E-state index in [9.17, 15) is 4.79 Å². The van der Waals surface area contributed by atoms with E-state index in [1.165, 1.54) is 6.20 Å². The molecule has 0 radical (unpaired) electrons. The van der Waals surface area contributed by atoms with E-state index in [0.29, 0.717) is 23.8 Å². The summed E-state index contributed by atoms with van der Waals surface area (Å²) < 4.78 is 0.